The molecule has 3 nitrogen and oxygen atoms in total. The lowest BCUT2D eigenvalue weighted by Gasteiger charge is -2.04. The normalized spacial score (nSPS) is 9.92. The molecule has 2 N–H and O–H groups in total. The second kappa shape index (κ2) is 5.72. The summed E-state index contributed by atoms with van der Waals surface area (Å²) in [6, 6.07) is 3.67. The Morgan fingerprint density at radius 2 is 2.46 bits per heavy atom. The monoisotopic (exact) mass is 198 g/mol. The molecular formula is C9H14N2OS. The lowest BCUT2D eigenvalue weighted by molar-refractivity contribution is 0.0937. The van der Waals surface area contributed by atoms with Crippen LogP contribution in [0.1, 0.15) is 29.4 Å². The third kappa shape index (κ3) is 3.57. The van der Waals surface area contributed by atoms with E-state index in [0.717, 1.165) is 24.3 Å². The molecule has 1 amide bonds. The maximum atomic E-state index is 11.3. The summed E-state index contributed by atoms with van der Waals surface area (Å²) in [5, 5.41) is 1.89. The molecule has 0 aromatic carbocycles. The van der Waals surface area contributed by atoms with Gasteiger partial charge in [-0.1, -0.05) is 19.4 Å². The van der Waals surface area contributed by atoms with Gasteiger partial charge in [0.25, 0.3) is 5.91 Å². The Balaban J connectivity index is 2.19. The van der Waals surface area contributed by atoms with Gasteiger partial charge >= 0.3 is 0 Å². The summed E-state index contributed by atoms with van der Waals surface area (Å²) in [5.74, 6) is -0.0499. The summed E-state index contributed by atoms with van der Waals surface area (Å²) in [6.45, 7) is 2.94. The highest BCUT2D eigenvalue weighted by Crippen LogP contribution is 2.06. The average Bonchev–Trinajstić information content (AvgIpc) is 2.65. The lowest BCUT2D eigenvalue weighted by atomic mass is 10.3. The van der Waals surface area contributed by atoms with E-state index in [4.69, 9.17) is 0 Å². The fraction of sp³-hybridized carbons (Fsp3) is 0.444. The quantitative estimate of drug-likeness (QED) is 0.559. The second-order valence-electron chi connectivity index (χ2n) is 2.71. The highest BCUT2D eigenvalue weighted by atomic mass is 32.1. The highest BCUT2D eigenvalue weighted by molar-refractivity contribution is 7.12. The van der Waals surface area contributed by atoms with Crippen LogP contribution in [0.25, 0.3) is 0 Å². The maximum absolute atomic E-state index is 11.3. The standard InChI is InChI=1S/C9H14N2OS/c1-2-3-6-10-11-9(12)8-5-4-7-13-8/h4-5,7,10H,2-3,6H2,1H3,(H,11,12). The molecule has 0 unspecified atom stereocenters. The SMILES string of the molecule is CCCCNNC(=O)c1cccs1. The van der Waals surface area contributed by atoms with Crippen LogP contribution in [0.3, 0.4) is 0 Å². The van der Waals surface area contributed by atoms with E-state index in [2.05, 4.69) is 17.8 Å². The van der Waals surface area contributed by atoms with Crippen molar-refractivity contribution in [3.05, 3.63) is 22.4 Å². The number of rotatable bonds is 5. The number of unbranched alkanes of at least 4 members (excludes halogenated alkanes) is 1. The van der Waals surface area contributed by atoms with Gasteiger partial charge in [0, 0.05) is 6.54 Å². The molecule has 1 aromatic rings. The zero-order valence-electron chi connectivity index (χ0n) is 7.67. The number of carbonyl (C=O) groups excluding carboxylic acids is 1. The van der Waals surface area contributed by atoms with Gasteiger partial charge in [-0.2, -0.15) is 0 Å². The molecule has 0 aliphatic heterocycles. The van der Waals surface area contributed by atoms with Gasteiger partial charge in [-0.05, 0) is 17.9 Å². The molecule has 72 valence electrons. The molecular weight excluding hydrogens is 184 g/mol. The third-order valence-corrected chi connectivity index (χ3v) is 2.47. The van der Waals surface area contributed by atoms with E-state index in [-0.39, 0.29) is 5.91 Å². The van der Waals surface area contributed by atoms with E-state index < -0.39 is 0 Å². The Labute approximate surface area is 82.1 Å². The number of carbonyl (C=O) groups is 1. The van der Waals surface area contributed by atoms with Crippen molar-refractivity contribution in [3.63, 3.8) is 0 Å². The molecule has 0 radical (unpaired) electrons. The first-order valence-corrected chi connectivity index (χ1v) is 5.29. The zero-order valence-corrected chi connectivity index (χ0v) is 8.49. The first kappa shape index (κ1) is 10.2. The van der Waals surface area contributed by atoms with Crippen molar-refractivity contribution in [3.8, 4) is 0 Å². The van der Waals surface area contributed by atoms with E-state index in [1.165, 1.54) is 11.3 Å². The van der Waals surface area contributed by atoms with Crippen molar-refractivity contribution in [2.75, 3.05) is 6.54 Å². The first-order valence-electron chi connectivity index (χ1n) is 4.41. The predicted octanol–water partition coefficient (Wildman–Crippen LogP) is 1.78. The number of hydrogen-bond acceptors (Lipinski definition) is 3. The average molecular weight is 198 g/mol. The fourth-order valence-corrected chi connectivity index (χ4v) is 1.50. The summed E-state index contributed by atoms with van der Waals surface area (Å²) >= 11 is 1.44. The molecule has 0 saturated carbocycles. The van der Waals surface area contributed by atoms with Crippen molar-refractivity contribution < 1.29 is 4.79 Å². The Bertz CT molecular complexity index is 246. The van der Waals surface area contributed by atoms with Crippen LogP contribution in [0.15, 0.2) is 17.5 Å². The maximum Gasteiger partial charge on any atom is 0.275 e. The molecule has 1 heterocycles. The summed E-state index contributed by atoms with van der Waals surface area (Å²) < 4.78 is 0. The van der Waals surface area contributed by atoms with Gasteiger partial charge in [-0.15, -0.1) is 11.3 Å². The topological polar surface area (TPSA) is 41.1 Å². The second-order valence-corrected chi connectivity index (χ2v) is 3.66. The number of thiophene rings is 1. The van der Waals surface area contributed by atoms with Crippen molar-refractivity contribution in [1.82, 2.24) is 10.9 Å². The largest absolute Gasteiger partial charge is 0.287 e. The van der Waals surface area contributed by atoms with Crippen LogP contribution in [-0.2, 0) is 0 Å². The van der Waals surface area contributed by atoms with Gasteiger partial charge in [0.05, 0.1) is 4.88 Å². The van der Waals surface area contributed by atoms with Crippen LogP contribution in [0.4, 0.5) is 0 Å². The number of hydrogen-bond donors (Lipinski definition) is 2. The first-order chi connectivity index (χ1) is 6.34. The van der Waals surface area contributed by atoms with E-state index in [0.29, 0.717) is 0 Å². The lowest BCUT2D eigenvalue weighted by Crippen LogP contribution is -2.37. The molecule has 4 heteroatoms. The van der Waals surface area contributed by atoms with E-state index >= 15 is 0 Å². The van der Waals surface area contributed by atoms with Crippen LogP contribution in [0.5, 0.6) is 0 Å². The molecule has 1 aromatic heterocycles. The summed E-state index contributed by atoms with van der Waals surface area (Å²) in [6.07, 6.45) is 2.20. The molecule has 0 saturated heterocycles. The van der Waals surface area contributed by atoms with Crippen LogP contribution >= 0.6 is 11.3 Å². The van der Waals surface area contributed by atoms with Crippen molar-refractivity contribution in [2.45, 2.75) is 19.8 Å². The van der Waals surface area contributed by atoms with E-state index in [1.54, 1.807) is 0 Å². The van der Waals surface area contributed by atoms with Crippen LogP contribution in [0.2, 0.25) is 0 Å². The molecule has 0 bridgehead atoms. The minimum atomic E-state index is -0.0499. The Morgan fingerprint density at radius 1 is 1.62 bits per heavy atom. The fourth-order valence-electron chi connectivity index (χ4n) is 0.877. The predicted molar refractivity (Wildman–Crippen MR) is 54.7 cm³/mol. The number of hydrazine groups is 1. The van der Waals surface area contributed by atoms with Gasteiger partial charge in [0.15, 0.2) is 0 Å². The molecule has 0 spiro atoms. The number of amides is 1. The minimum absolute atomic E-state index is 0.0499. The van der Waals surface area contributed by atoms with Crippen molar-refractivity contribution >= 4 is 17.2 Å². The smallest absolute Gasteiger partial charge is 0.275 e. The van der Waals surface area contributed by atoms with E-state index in [9.17, 15) is 4.79 Å². The van der Waals surface area contributed by atoms with Crippen molar-refractivity contribution in [1.29, 1.82) is 0 Å². The van der Waals surface area contributed by atoms with Gasteiger partial charge in [-0.3, -0.25) is 10.2 Å². The summed E-state index contributed by atoms with van der Waals surface area (Å²) in [7, 11) is 0. The minimum Gasteiger partial charge on any atom is -0.287 e. The van der Waals surface area contributed by atoms with Gasteiger partial charge in [-0.25, -0.2) is 5.43 Å². The molecule has 0 aliphatic rings. The van der Waals surface area contributed by atoms with Gasteiger partial charge in [0.2, 0.25) is 0 Å². The Kier molecular flexibility index (Phi) is 4.49. The van der Waals surface area contributed by atoms with Crippen molar-refractivity contribution in [2.24, 2.45) is 0 Å². The zero-order chi connectivity index (χ0) is 9.52. The third-order valence-electron chi connectivity index (χ3n) is 1.60. The number of nitrogens with one attached hydrogen (secondary N) is 2. The van der Waals surface area contributed by atoms with Crippen LogP contribution in [0, 0.1) is 0 Å². The van der Waals surface area contributed by atoms with E-state index in [1.807, 2.05) is 17.5 Å². The summed E-state index contributed by atoms with van der Waals surface area (Å²) in [5.41, 5.74) is 5.52. The molecule has 1 rings (SSSR count). The molecule has 0 fully saturated rings. The van der Waals surface area contributed by atoms with Crippen LogP contribution < -0.4 is 10.9 Å². The van der Waals surface area contributed by atoms with Gasteiger partial charge < -0.3 is 0 Å². The molecule has 0 atom stereocenters. The molecule has 0 aliphatic carbocycles. The van der Waals surface area contributed by atoms with Crippen LogP contribution in [-0.4, -0.2) is 12.5 Å². The molecule has 13 heavy (non-hydrogen) atoms. The highest BCUT2D eigenvalue weighted by Gasteiger charge is 2.03. The summed E-state index contributed by atoms with van der Waals surface area (Å²) in [4.78, 5) is 12.0. The Morgan fingerprint density at radius 3 is 3.08 bits per heavy atom. The van der Waals surface area contributed by atoms with Gasteiger partial charge in [0.1, 0.15) is 0 Å². The Hall–Kier alpha value is -0.870.